The van der Waals surface area contributed by atoms with Gasteiger partial charge in [0, 0.05) is 54.8 Å². The molecule has 0 bridgehead atoms. The molecular formula is C47H73N15O11. The molecule has 19 N–H and O–H groups in total. The molecule has 3 rings (SSSR count). The van der Waals surface area contributed by atoms with Gasteiger partial charge in [-0.15, -0.1) is 0 Å². The van der Waals surface area contributed by atoms with Crippen LogP contribution in [0.3, 0.4) is 0 Å². The molecule has 0 fully saturated rings. The molecule has 0 saturated heterocycles. The first kappa shape index (κ1) is 59.7. The Morgan fingerprint density at radius 1 is 0.699 bits per heavy atom. The smallest absolute Gasteiger partial charge is 0.326 e. The lowest BCUT2D eigenvalue weighted by molar-refractivity contribution is -0.144. The minimum Gasteiger partial charge on any atom is -0.481 e. The summed E-state index contributed by atoms with van der Waals surface area (Å²) in [6.45, 7) is 4.63. The van der Waals surface area contributed by atoms with Crippen molar-refractivity contribution in [3.63, 3.8) is 0 Å². The van der Waals surface area contributed by atoms with E-state index in [2.05, 4.69) is 57.2 Å². The number of aliphatic carboxylic acids is 2. The standard InChI is InChI=1S/C47H73N15O11/c1-4-5-12-33(58-40(66)30(49)21-28-23-52-25-56-28)43(69)59-34(15-10-19-53-47(50)51)44(70)61-36(20-27-22-54-31-13-7-6-11-29(27)31)41(67)55-24-37(63)57-32(14-8-9-18-48)42(68)60-35(16-17-38(64)65)45(71)62-39(26(2)3)46(72)73/h6-7,11,13,22-23,25-26,30,32-36,39,54H,4-5,8-10,12,14-21,24,48-49H2,1-3H3,(H,52,56)(H,55,67)(H,57,63)(H,58,66)(H,59,69)(H,60,68)(H,61,70)(H,62,71)(H,64,65)(H,72,73)(H4,50,51,53)/t30-,32-,33+,34-,35-,36-,39-/m0/s1. The number of carboxylic acid groups (broad SMARTS) is 2. The number of aliphatic imine (C=N–C) groups is 1. The number of carboxylic acids is 2. The van der Waals surface area contributed by atoms with E-state index in [-0.39, 0.29) is 57.6 Å². The van der Waals surface area contributed by atoms with Gasteiger partial charge in [0.2, 0.25) is 41.4 Å². The van der Waals surface area contributed by atoms with E-state index in [1.807, 2.05) is 25.1 Å². The van der Waals surface area contributed by atoms with Crippen LogP contribution in [0.5, 0.6) is 0 Å². The highest BCUT2D eigenvalue weighted by molar-refractivity contribution is 5.97. The van der Waals surface area contributed by atoms with Gasteiger partial charge >= 0.3 is 11.9 Å². The number of hydrogen-bond acceptors (Lipinski definition) is 13. The maximum Gasteiger partial charge on any atom is 0.326 e. The molecular weight excluding hydrogens is 951 g/mol. The number of guanidine groups is 1. The fraction of sp³-hybridized carbons (Fsp3) is 0.553. The van der Waals surface area contributed by atoms with Crippen LogP contribution in [0.1, 0.15) is 96.2 Å². The van der Waals surface area contributed by atoms with E-state index in [1.54, 1.807) is 26.1 Å². The predicted molar refractivity (Wildman–Crippen MR) is 269 cm³/mol. The highest BCUT2D eigenvalue weighted by atomic mass is 16.4. The number of rotatable bonds is 34. The largest absolute Gasteiger partial charge is 0.481 e. The van der Waals surface area contributed by atoms with Gasteiger partial charge in [-0.2, -0.15) is 0 Å². The lowest BCUT2D eigenvalue weighted by Gasteiger charge is -2.26. The molecule has 0 unspecified atom stereocenters. The molecule has 402 valence electrons. The summed E-state index contributed by atoms with van der Waals surface area (Å²) in [4.78, 5) is 133. The van der Waals surface area contributed by atoms with Gasteiger partial charge in [-0.3, -0.25) is 43.3 Å². The van der Waals surface area contributed by atoms with Crippen molar-refractivity contribution in [2.45, 2.75) is 140 Å². The number of amides is 7. The van der Waals surface area contributed by atoms with Crippen molar-refractivity contribution >= 4 is 70.2 Å². The van der Waals surface area contributed by atoms with E-state index < -0.39 is 121 Å². The molecule has 2 aromatic heterocycles. The Morgan fingerprint density at radius 3 is 1.88 bits per heavy atom. The Balaban J connectivity index is 1.87. The Kier molecular flexibility index (Phi) is 25.3. The van der Waals surface area contributed by atoms with Crippen molar-refractivity contribution in [3.05, 3.63) is 54.2 Å². The minimum absolute atomic E-state index is 0.0102. The van der Waals surface area contributed by atoms with Crippen LogP contribution in [0, 0.1) is 5.92 Å². The number of para-hydroxylation sites is 1. The second kappa shape index (κ2) is 31.0. The van der Waals surface area contributed by atoms with Crippen molar-refractivity contribution in [2.24, 2.45) is 33.8 Å². The third kappa shape index (κ3) is 20.9. The van der Waals surface area contributed by atoms with E-state index in [1.165, 1.54) is 12.5 Å². The van der Waals surface area contributed by atoms with Crippen molar-refractivity contribution in [3.8, 4) is 0 Å². The number of carbonyl (C=O) groups is 9. The van der Waals surface area contributed by atoms with Gasteiger partial charge in [0.05, 0.1) is 18.9 Å². The summed E-state index contributed by atoms with van der Waals surface area (Å²) in [6, 6.07) is -1.74. The molecule has 0 spiro atoms. The zero-order valence-electron chi connectivity index (χ0n) is 41.5. The van der Waals surface area contributed by atoms with Gasteiger partial charge in [-0.05, 0) is 69.0 Å². The summed E-state index contributed by atoms with van der Waals surface area (Å²) < 4.78 is 0. The average Bonchev–Trinajstić information content (AvgIpc) is 4.02. The monoisotopic (exact) mass is 1020 g/mol. The third-order valence-electron chi connectivity index (χ3n) is 11.7. The lowest BCUT2D eigenvalue weighted by Crippen LogP contribution is -2.59. The second-order valence-electron chi connectivity index (χ2n) is 17.9. The SMILES string of the molecule is CCCC[C@@H](NC(=O)[C@@H](N)Cc1cnc[nH]1)C(=O)N[C@@H](CCCN=C(N)N)C(=O)N[C@@H](Cc1c[nH]c2ccccc12)C(=O)NCC(=O)N[C@@H](CCCCN)C(=O)N[C@@H](CCC(=O)O)C(=O)N[C@H](C(=O)O)C(C)C. The molecule has 0 aliphatic rings. The Labute approximate surface area is 422 Å². The van der Waals surface area contributed by atoms with Crippen LogP contribution in [0.4, 0.5) is 0 Å². The van der Waals surface area contributed by atoms with E-state index in [0.29, 0.717) is 36.9 Å². The van der Waals surface area contributed by atoms with Gasteiger partial charge in [0.25, 0.3) is 0 Å². The summed E-state index contributed by atoms with van der Waals surface area (Å²) >= 11 is 0. The molecule has 0 aliphatic carbocycles. The maximum absolute atomic E-state index is 14.3. The molecule has 0 radical (unpaired) electrons. The van der Waals surface area contributed by atoms with Crippen LogP contribution in [-0.2, 0) is 56.0 Å². The number of imidazole rings is 1. The normalized spacial score (nSPS) is 14.0. The summed E-state index contributed by atoms with van der Waals surface area (Å²) in [6.07, 6.45) is 6.05. The molecule has 1 aromatic carbocycles. The molecule has 2 heterocycles. The number of nitrogens with one attached hydrogen (secondary N) is 9. The van der Waals surface area contributed by atoms with E-state index in [9.17, 15) is 53.4 Å². The fourth-order valence-corrected chi connectivity index (χ4v) is 7.60. The van der Waals surface area contributed by atoms with Crippen LogP contribution in [0.2, 0.25) is 0 Å². The topological polar surface area (TPSA) is 439 Å². The molecule has 3 aromatic rings. The first-order valence-electron chi connectivity index (χ1n) is 24.3. The number of hydrogen-bond donors (Lipinski definition) is 15. The lowest BCUT2D eigenvalue weighted by atomic mass is 10.0. The van der Waals surface area contributed by atoms with Gasteiger partial charge in [-0.1, -0.05) is 51.8 Å². The fourth-order valence-electron chi connectivity index (χ4n) is 7.60. The van der Waals surface area contributed by atoms with Crippen molar-refractivity contribution < 1.29 is 53.4 Å². The summed E-state index contributed by atoms with van der Waals surface area (Å²) in [7, 11) is 0. The summed E-state index contributed by atoms with van der Waals surface area (Å²) in [5, 5.41) is 37.7. The van der Waals surface area contributed by atoms with Gasteiger partial charge in [0.15, 0.2) is 5.96 Å². The number of aromatic nitrogens is 3. The molecule has 0 saturated carbocycles. The highest BCUT2D eigenvalue weighted by Gasteiger charge is 2.33. The molecule has 26 heteroatoms. The predicted octanol–water partition coefficient (Wildman–Crippen LogP) is -1.99. The number of carbonyl (C=O) groups excluding carboxylic acids is 7. The van der Waals surface area contributed by atoms with Crippen molar-refractivity contribution in [1.29, 1.82) is 0 Å². The van der Waals surface area contributed by atoms with Crippen LogP contribution in [0.25, 0.3) is 10.9 Å². The molecule has 0 aliphatic heterocycles. The number of unbranched alkanes of at least 4 members (excludes halogenated alkanes) is 2. The van der Waals surface area contributed by atoms with Crippen molar-refractivity contribution in [1.82, 2.24) is 52.2 Å². The third-order valence-corrected chi connectivity index (χ3v) is 11.7. The zero-order chi connectivity index (χ0) is 54.0. The quantitative estimate of drug-likeness (QED) is 0.0175. The first-order chi connectivity index (χ1) is 34.7. The van der Waals surface area contributed by atoms with Crippen LogP contribution in [-0.4, -0.2) is 146 Å². The maximum atomic E-state index is 14.3. The highest BCUT2D eigenvalue weighted by Crippen LogP contribution is 2.20. The number of H-pyrrole nitrogens is 2. The van der Waals surface area contributed by atoms with Crippen LogP contribution >= 0.6 is 0 Å². The van der Waals surface area contributed by atoms with Crippen LogP contribution < -0.4 is 60.2 Å². The Hall–Kier alpha value is -7.61. The second-order valence-corrected chi connectivity index (χ2v) is 17.9. The molecule has 26 nitrogen and oxygen atoms in total. The van der Waals surface area contributed by atoms with E-state index >= 15 is 0 Å². The Morgan fingerprint density at radius 2 is 1.29 bits per heavy atom. The number of nitrogens with zero attached hydrogens (tertiary/aromatic N) is 2. The van der Waals surface area contributed by atoms with Gasteiger partial charge in [-0.25, -0.2) is 9.78 Å². The zero-order valence-corrected chi connectivity index (χ0v) is 41.5. The number of fused-ring (bicyclic) bond motifs is 1. The van der Waals surface area contributed by atoms with E-state index in [4.69, 9.17) is 22.9 Å². The van der Waals surface area contributed by atoms with Gasteiger partial charge < -0.3 is 80.3 Å². The van der Waals surface area contributed by atoms with Crippen molar-refractivity contribution in [2.75, 3.05) is 19.6 Å². The van der Waals surface area contributed by atoms with Crippen LogP contribution in [0.15, 0.2) is 48.0 Å². The van der Waals surface area contributed by atoms with E-state index in [0.717, 1.165) is 10.9 Å². The summed E-state index contributed by atoms with van der Waals surface area (Å²) in [5.41, 5.74) is 24.9. The number of aromatic amines is 2. The summed E-state index contributed by atoms with van der Waals surface area (Å²) in [5.74, 6) is -8.98. The number of benzene rings is 1. The molecule has 73 heavy (non-hydrogen) atoms. The Bertz CT molecular complexity index is 2330. The average molecular weight is 1020 g/mol. The molecule has 7 atom stereocenters. The van der Waals surface area contributed by atoms with Gasteiger partial charge in [0.1, 0.15) is 36.3 Å². The first-order valence-corrected chi connectivity index (χ1v) is 24.3. The minimum atomic E-state index is -1.50. The number of nitrogens with two attached hydrogens (primary N) is 4. The molecule has 7 amide bonds.